The maximum Gasteiger partial charge on any atom is 0.322 e. The number of nitrogens with one attached hydrogen (secondary N) is 1. The minimum Gasteiger partial charge on any atom is -0.468 e. The molecule has 1 aliphatic rings. The molecule has 0 saturated heterocycles. The molecule has 4 nitrogen and oxygen atoms in total. The van der Waals surface area contributed by atoms with E-state index < -0.39 is 0 Å². The van der Waals surface area contributed by atoms with Crippen LogP contribution in [0, 0.1) is 5.92 Å². The summed E-state index contributed by atoms with van der Waals surface area (Å²) in [5.41, 5.74) is 0. The molecule has 0 spiro atoms. The van der Waals surface area contributed by atoms with Crippen LogP contribution in [0.15, 0.2) is 0 Å². The van der Waals surface area contributed by atoms with E-state index in [9.17, 15) is 4.79 Å². The molecule has 0 heterocycles. The first kappa shape index (κ1) is 17.4. The van der Waals surface area contributed by atoms with Gasteiger partial charge in [0, 0.05) is 18.6 Å². The average molecular weight is 284 g/mol. The van der Waals surface area contributed by atoms with Crippen LogP contribution in [-0.4, -0.2) is 49.7 Å². The van der Waals surface area contributed by atoms with Gasteiger partial charge in [0.05, 0.1) is 7.11 Å². The first-order chi connectivity index (χ1) is 9.43. The van der Waals surface area contributed by atoms with E-state index >= 15 is 0 Å². The smallest absolute Gasteiger partial charge is 0.322 e. The molecule has 1 fully saturated rings. The van der Waals surface area contributed by atoms with E-state index in [1.807, 2.05) is 0 Å². The summed E-state index contributed by atoms with van der Waals surface area (Å²) in [5, 5.41) is 3.29. The predicted octanol–water partition coefficient (Wildman–Crippen LogP) is 2.43. The first-order valence-corrected chi connectivity index (χ1v) is 7.98. The number of nitrogens with zero attached hydrogens (tertiary/aromatic N) is 1. The predicted molar refractivity (Wildman–Crippen MR) is 82.7 cm³/mol. The summed E-state index contributed by atoms with van der Waals surface area (Å²) in [6, 6.07) is 0.786. The van der Waals surface area contributed by atoms with E-state index in [0.29, 0.717) is 12.1 Å². The van der Waals surface area contributed by atoms with Gasteiger partial charge in [0.25, 0.3) is 0 Å². The highest BCUT2D eigenvalue weighted by molar-refractivity contribution is 5.75. The molecule has 0 amide bonds. The molecule has 1 atom stereocenters. The molecule has 0 bridgehead atoms. The third-order valence-electron chi connectivity index (χ3n) is 4.40. The molecular weight excluding hydrogens is 252 g/mol. The molecule has 0 aromatic rings. The lowest BCUT2D eigenvalue weighted by molar-refractivity contribution is -0.143. The van der Waals surface area contributed by atoms with Crippen LogP contribution in [0.4, 0.5) is 0 Å². The molecule has 0 aliphatic heterocycles. The maximum absolute atomic E-state index is 11.8. The van der Waals surface area contributed by atoms with Crippen LogP contribution in [0.25, 0.3) is 0 Å². The second-order valence-corrected chi connectivity index (χ2v) is 6.58. The maximum atomic E-state index is 11.8. The summed E-state index contributed by atoms with van der Waals surface area (Å²) in [7, 11) is 3.65. The van der Waals surface area contributed by atoms with Gasteiger partial charge in [0.2, 0.25) is 0 Å². The highest BCUT2D eigenvalue weighted by Crippen LogP contribution is 2.26. The lowest BCUT2D eigenvalue weighted by Gasteiger charge is -2.34. The van der Waals surface area contributed by atoms with Crippen LogP contribution in [0.3, 0.4) is 0 Å². The van der Waals surface area contributed by atoms with Crippen LogP contribution in [0.2, 0.25) is 0 Å². The fraction of sp³-hybridized carbons (Fsp3) is 0.938. The molecule has 118 valence electrons. The Hall–Kier alpha value is -0.610. The largest absolute Gasteiger partial charge is 0.468 e. The Balaban J connectivity index is 2.39. The van der Waals surface area contributed by atoms with E-state index in [2.05, 4.69) is 38.0 Å². The number of esters is 1. The second kappa shape index (κ2) is 8.63. The van der Waals surface area contributed by atoms with Crippen molar-refractivity contribution in [2.75, 3.05) is 20.7 Å². The molecule has 1 saturated carbocycles. The lowest BCUT2D eigenvalue weighted by atomic mass is 9.86. The molecule has 4 heteroatoms. The Bertz CT molecular complexity index is 286. The van der Waals surface area contributed by atoms with Gasteiger partial charge < -0.3 is 15.0 Å². The van der Waals surface area contributed by atoms with Crippen molar-refractivity contribution in [3.8, 4) is 0 Å². The fourth-order valence-electron chi connectivity index (χ4n) is 3.01. The lowest BCUT2D eigenvalue weighted by Crippen LogP contribution is -2.45. The van der Waals surface area contributed by atoms with Gasteiger partial charge in [-0.2, -0.15) is 0 Å². The zero-order valence-corrected chi connectivity index (χ0v) is 13.8. The fourth-order valence-corrected chi connectivity index (χ4v) is 3.01. The molecule has 1 rings (SSSR count). The number of methoxy groups -OCH3 is 1. The van der Waals surface area contributed by atoms with Gasteiger partial charge in [-0.1, -0.05) is 20.8 Å². The van der Waals surface area contributed by atoms with Gasteiger partial charge in [-0.25, -0.2) is 0 Å². The van der Waals surface area contributed by atoms with Gasteiger partial charge in [-0.15, -0.1) is 0 Å². The van der Waals surface area contributed by atoms with Gasteiger partial charge >= 0.3 is 5.97 Å². The van der Waals surface area contributed by atoms with Gasteiger partial charge in [0.15, 0.2) is 0 Å². The number of hydrogen-bond donors (Lipinski definition) is 1. The van der Waals surface area contributed by atoms with Crippen LogP contribution in [-0.2, 0) is 9.53 Å². The standard InChI is InChI=1S/C16H32N2O2/c1-12(2)17-15(16(19)20-5)10-11-18(4)14-8-6-13(3)7-9-14/h12-15,17H,6-11H2,1-5H3. The molecule has 1 unspecified atom stereocenters. The zero-order chi connectivity index (χ0) is 15.1. The van der Waals surface area contributed by atoms with Crippen molar-refractivity contribution in [3.63, 3.8) is 0 Å². The van der Waals surface area contributed by atoms with E-state index in [-0.39, 0.29) is 12.0 Å². The topological polar surface area (TPSA) is 41.6 Å². The molecular formula is C16H32N2O2. The third-order valence-corrected chi connectivity index (χ3v) is 4.40. The van der Waals surface area contributed by atoms with E-state index in [1.54, 1.807) is 0 Å². The van der Waals surface area contributed by atoms with Crippen molar-refractivity contribution in [1.29, 1.82) is 0 Å². The highest BCUT2D eigenvalue weighted by Gasteiger charge is 2.24. The van der Waals surface area contributed by atoms with Gasteiger partial charge in [-0.05, 0) is 45.1 Å². The summed E-state index contributed by atoms with van der Waals surface area (Å²) in [6.45, 7) is 7.40. The Kier molecular flexibility index (Phi) is 7.52. The van der Waals surface area contributed by atoms with Gasteiger partial charge in [-0.3, -0.25) is 4.79 Å². The zero-order valence-electron chi connectivity index (χ0n) is 13.8. The summed E-state index contributed by atoms with van der Waals surface area (Å²) < 4.78 is 4.89. The van der Waals surface area contributed by atoms with Crippen molar-refractivity contribution in [2.45, 2.75) is 71.0 Å². The van der Waals surface area contributed by atoms with Crippen LogP contribution in [0.5, 0.6) is 0 Å². The van der Waals surface area contributed by atoms with Crippen molar-refractivity contribution < 1.29 is 9.53 Å². The van der Waals surface area contributed by atoms with E-state index in [0.717, 1.165) is 18.9 Å². The number of carbonyl (C=O) groups is 1. The summed E-state index contributed by atoms with van der Waals surface area (Å²) >= 11 is 0. The SMILES string of the molecule is COC(=O)C(CCN(C)C1CCC(C)CC1)NC(C)C. The molecule has 1 aliphatic carbocycles. The van der Waals surface area contributed by atoms with Crippen LogP contribution in [0.1, 0.15) is 52.9 Å². The number of carbonyl (C=O) groups excluding carboxylic acids is 1. The number of rotatable bonds is 7. The Morgan fingerprint density at radius 2 is 1.90 bits per heavy atom. The Morgan fingerprint density at radius 3 is 2.40 bits per heavy atom. The van der Waals surface area contributed by atoms with E-state index in [4.69, 9.17) is 4.74 Å². The quantitative estimate of drug-likeness (QED) is 0.729. The molecule has 0 aromatic heterocycles. The molecule has 20 heavy (non-hydrogen) atoms. The second-order valence-electron chi connectivity index (χ2n) is 6.58. The summed E-state index contributed by atoms with van der Waals surface area (Å²) in [5.74, 6) is 0.731. The number of ether oxygens (including phenoxy) is 1. The van der Waals surface area contributed by atoms with Crippen LogP contribution < -0.4 is 5.32 Å². The Labute approximate surface area is 124 Å². The first-order valence-electron chi connectivity index (χ1n) is 7.98. The highest BCUT2D eigenvalue weighted by atomic mass is 16.5. The molecule has 1 N–H and O–H groups in total. The van der Waals surface area contributed by atoms with Crippen LogP contribution >= 0.6 is 0 Å². The molecule has 0 radical (unpaired) electrons. The monoisotopic (exact) mass is 284 g/mol. The third kappa shape index (κ3) is 5.80. The number of hydrogen-bond acceptors (Lipinski definition) is 4. The minimum absolute atomic E-state index is 0.149. The van der Waals surface area contributed by atoms with Crippen molar-refractivity contribution in [3.05, 3.63) is 0 Å². The van der Waals surface area contributed by atoms with Gasteiger partial charge in [0.1, 0.15) is 6.04 Å². The van der Waals surface area contributed by atoms with Crippen molar-refractivity contribution in [1.82, 2.24) is 10.2 Å². The summed E-state index contributed by atoms with van der Waals surface area (Å²) in [6.07, 6.45) is 6.06. The van der Waals surface area contributed by atoms with Crippen molar-refractivity contribution >= 4 is 5.97 Å². The normalized spacial score (nSPS) is 24.9. The summed E-state index contributed by atoms with van der Waals surface area (Å²) in [4.78, 5) is 14.2. The average Bonchev–Trinajstić information content (AvgIpc) is 2.42. The molecule has 0 aromatic carbocycles. The minimum atomic E-state index is -0.190. The van der Waals surface area contributed by atoms with Crippen molar-refractivity contribution in [2.24, 2.45) is 5.92 Å². The Morgan fingerprint density at radius 1 is 1.30 bits per heavy atom. The van der Waals surface area contributed by atoms with E-state index in [1.165, 1.54) is 32.8 Å².